The molecule has 0 saturated carbocycles. The first kappa shape index (κ1) is 13.8. The molecule has 2 N–H and O–H groups in total. The average Bonchev–Trinajstić information content (AvgIpc) is 2.42. The Labute approximate surface area is 123 Å². The van der Waals surface area contributed by atoms with Crippen molar-refractivity contribution in [2.24, 2.45) is 0 Å². The van der Waals surface area contributed by atoms with Crippen LogP contribution in [0.1, 0.15) is 10.5 Å². The van der Waals surface area contributed by atoms with Gasteiger partial charge in [-0.25, -0.2) is 4.98 Å². The lowest BCUT2D eigenvalue weighted by atomic mass is 10.3. The van der Waals surface area contributed by atoms with Gasteiger partial charge in [-0.2, -0.15) is 0 Å². The predicted octanol–water partition coefficient (Wildman–Crippen LogP) is 3.19. The van der Waals surface area contributed by atoms with Crippen LogP contribution in [0, 0.1) is 0 Å². The fraction of sp³-hybridized carbons (Fsp3) is 0.0833. The van der Waals surface area contributed by atoms with Crippen LogP contribution in [0.2, 0.25) is 5.02 Å². The fourth-order valence-corrected chi connectivity index (χ4v) is 2.15. The number of hydrogen-bond acceptors (Lipinski definition) is 4. The Morgan fingerprint density at radius 3 is 2.84 bits per heavy atom. The van der Waals surface area contributed by atoms with E-state index in [0.29, 0.717) is 21.0 Å². The molecule has 0 aliphatic heterocycles. The summed E-state index contributed by atoms with van der Waals surface area (Å²) >= 11 is 9.17. The van der Waals surface area contributed by atoms with Gasteiger partial charge in [0.1, 0.15) is 11.5 Å². The van der Waals surface area contributed by atoms with Gasteiger partial charge in [0.05, 0.1) is 18.1 Å². The zero-order valence-electron chi connectivity index (χ0n) is 9.95. The summed E-state index contributed by atoms with van der Waals surface area (Å²) < 4.78 is 0.700. The SMILES string of the molecule is CNc1cncc(C(=O)Nc2ccc(Cl)cc2Br)n1. The Morgan fingerprint density at radius 2 is 2.16 bits per heavy atom. The van der Waals surface area contributed by atoms with Crippen molar-refractivity contribution in [2.45, 2.75) is 0 Å². The number of anilines is 2. The van der Waals surface area contributed by atoms with Crippen molar-refractivity contribution in [3.63, 3.8) is 0 Å². The second-order valence-electron chi connectivity index (χ2n) is 3.62. The van der Waals surface area contributed by atoms with E-state index >= 15 is 0 Å². The molecule has 7 heteroatoms. The van der Waals surface area contributed by atoms with E-state index in [1.54, 1.807) is 25.2 Å². The Kier molecular flexibility index (Phi) is 4.34. The molecule has 0 bridgehead atoms. The number of benzene rings is 1. The van der Waals surface area contributed by atoms with Crippen LogP contribution in [0.3, 0.4) is 0 Å². The predicted molar refractivity (Wildman–Crippen MR) is 78.7 cm³/mol. The van der Waals surface area contributed by atoms with Gasteiger partial charge in [0.15, 0.2) is 0 Å². The standard InChI is InChI=1S/C12H10BrClN4O/c1-15-11-6-16-5-10(17-11)12(19)18-9-3-2-7(14)4-8(9)13/h2-6H,1H3,(H,15,17)(H,18,19). The number of rotatable bonds is 3. The van der Waals surface area contributed by atoms with E-state index in [0.717, 1.165) is 0 Å². The molecule has 0 aliphatic rings. The largest absolute Gasteiger partial charge is 0.372 e. The Balaban J connectivity index is 2.20. The van der Waals surface area contributed by atoms with Crippen molar-refractivity contribution in [1.29, 1.82) is 0 Å². The number of nitrogens with zero attached hydrogens (tertiary/aromatic N) is 2. The number of amides is 1. The van der Waals surface area contributed by atoms with Gasteiger partial charge in [0.25, 0.3) is 5.91 Å². The minimum Gasteiger partial charge on any atom is -0.372 e. The van der Waals surface area contributed by atoms with Crippen LogP contribution in [-0.4, -0.2) is 22.9 Å². The molecule has 1 heterocycles. The van der Waals surface area contributed by atoms with Crippen LogP contribution in [0.5, 0.6) is 0 Å². The molecular formula is C12H10BrClN4O. The molecule has 0 radical (unpaired) electrons. The number of aromatic nitrogens is 2. The van der Waals surface area contributed by atoms with Crippen molar-refractivity contribution in [3.05, 3.63) is 45.8 Å². The van der Waals surface area contributed by atoms with Gasteiger partial charge in [0, 0.05) is 16.5 Å². The highest BCUT2D eigenvalue weighted by molar-refractivity contribution is 9.10. The number of halogens is 2. The van der Waals surface area contributed by atoms with Crippen molar-refractivity contribution in [1.82, 2.24) is 9.97 Å². The van der Waals surface area contributed by atoms with Gasteiger partial charge in [-0.05, 0) is 34.1 Å². The Hall–Kier alpha value is -1.66. The summed E-state index contributed by atoms with van der Waals surface area (Å²) in [6.45, 7) is 0. The third-order valence-corrected chi connectivity index (χ3v) is 3.19. The van der Waals surface area contributed by atoms with E-state index in [1.165, 1.54) is 12.4 Å². The van der Waals surface area contributed by atoms with Crippen LogP contribution >= 0.6 is 27.5 Å². The number of carbonyl (C=O) groups is 1. The van der Waals surface area contributed by atoms with Crippen LogP contribution < -0.4 is 10.6 Å². The van der Waals surface area contributed by atoms with E-state index < -0.39 is 0 Å². The highest BCUT2D eigenvalue weighted by atomic mass is 79.9. The minimum absolute atomic E-state index is 0.230. The molecule has 0 spiro atoms. The Bertz CT molecular complexity index is 620. The highest BCUT2D eigenvalue weighted by Crippen LogP contribution is 2.26. The molecule has 1 amide bonds. The van der Waals surface area contributed by atoms with Crippen LogP contribution in [0.15, 0.2) is 35.1 Å². The lowest BCUT2D eigenvalue weighted by molar-refractivity contribution is 0.102. The first-order valence-corrected chi connectivity index (χ1v) is 6.53. The molecular weight excluding hydrogens is 332 g/mol. The molecule has 1 aromatic heterocycles. The maximum atomic E-state index is 12.0. The summed E-state index contributed by atoms with van der Waals surface area (Å²) in [5.41, 5.74) is 0.847. The van der Waals surface area contributed by atoms with Crippen molar-refractivity contribution in [2.75, 3.05) is 17.7 Å². The van der Waals surface area contributed by atoms with Gasteiger partial charge in [-0.15, -0.1) is 0 Å². The van der Waals surface area contributed by atoms with E-state index in [-0.39, 0.29) is 11.6 Å². The second-order valence-corrected chi connectivity index (χ2v) is 4.91. The molecule has 5 nitrogen and oxygen atoms in total. The van der Waals surface area contributed by atoms with E-state index in [9.17, 15) is 4.79 Å². The minimum atomic E-state index is -0.340. The van der Waals surface area contributed by atoms with Gasteiger partial charge in [-0.3, -0.25) is 9.78 Å². The first-order valence-electron chi connectivity index (χ1n) is 5.36. The van der Waals surface area contributed by atoms with E-state index in [2.05, 4.69) is 36.5 Å². The lowest BCUT2D eigenvalue weighted by Crippen LogP contribution is -2.15. The quantitative estimate of drug-likeness (QED) is 0.900. The maximum absolute atomic E-state index is 12.0. The second kappa shape index (κ2) is 5.99. The monoisotopic (exact) mass is 340 g/mol. The molecule has 0 unspecified atom stereocenters. The van der Waals surface area contributed by atoms with Gasteiger partial charge < -0.3 is 10.6 Å². The summed E-state index contributed by atoms with van der Waals surface area (Å²) in [6.07, 6.45) is 2.94. The zero-order chi connectivity index (χ0) is 13.8. The number of hydrogen-bond donors (Lipinski definition) is 2. The molecule has 1 aromatic carbocycles. The van der Waals surface area contributed by atoms with Gasteiger partial charge in [0.2, 0.25) is 0 Å². The molecule has 0 saturated heterocycles. The summed E-state index contributed by atoms with van der Waals surface area (Å²) in [4.78, 5) is 20.1. The first-order chi connectivity index (χ1) is 9.10. The summed E-state index contributed by atoms with van der Waals surface area (Å²) in [5.74, 6) is 0.190. The average molecular weight is 342 g/mol. The normalized spacial score (nSPS) is 10.1. The van der Waals surface area contributed by atoms with Gasteiger partial charge >= 0.3 is 0 Å². The summed E-state index contributed by atoms with van der Waals surface area (Å²) in [5, 5.41) is 6.14. The molecule has 0 aliphatic carbocycles. The highest BCUT2D eigenvalue weighted by Gasteiger charge is 2.11. The van der Waals surface area contributed by atoms with Crippen molar-refractivity contribution >= 4 is 44.9 Å². The zero-order valence-corrected chi connectivity index (χ0v) is 12.3. The van der Waals surface area contributed by atoms with Crippen LogP contribution in [-0.2, 0) is 0 Å². The number of nitrogens with one attached hydrogen (secondary N) is 2. The molecule has 0 atom stereocenters. The smallest absolute Gasteiger partial charge is 0.275 e. The summed E-state index contributed by atoms with van der Waals surface area (Å²) in [7, 11) is 1.71. The number of carbonyl (C=O) groups excluding carboxylic acids is 1. The molecule has 2 rings (SSSR count). The fourth-order valence-electron chi connectivity index (χ4n) is 1.37. The lowest BCUT2D eigenvalue weighted by Gasteiger charge is -2.07. The molecule has 0 fully saturated rings. The molecule has 19 heavy (non-hydrogen) atoms. The van der Waals surface area contributed by atoms with Crippen molar-refractivity contribution in [3.8, 4) is 0 Å². The van der Waals surface area contributed by atoms with Crippen LogP contribution in [0.4, 0.5) is 11.5 Å². The molecule has 2 aromatic rings. The summed E-state index contributed by atoms with van der Waals surface area (Å²) in [6, 6.07) is 5.10. The van der Waals surface area contributed by atoms with E-state index in [4.69, 9.17) is 11.6 Å². The third kappa shape index (κ3) is 3.42. The van der Waals surface area contributed by atoms with E-state index in [1.807, 2.05) is 0 Å². The third-order valence-electron chi connectivity index (χ3n) is 2.30. The maximum Gasteiger partial charge on any atom is 0.275 e. The molecule has 98 valence electrons. The van der Waals surface area contributed by atoms with Crippen molar-refractivity contribution < 1.29 is 4.79 Å². The Morgan fingerprint density at radius 1 is 1.37 bits per heavy atom. The van der Waals surface area contributed by atoms with Gasteiger partial charge in [-0.1, -0.05) is 11.6 Å². The van der Waals surface area contributed by atoms with Crippen LogP contribution in [0.25, 0.3) is 0 Å². The topological polar surface area (TPSA) is 66.9 Å².